The van der Waals surface area contributed by atoms with E-state index in [0.717, 1.165) is 0 Å². The van der Waals surface area contributed by atoms with Crippen molar-refractivity contribution in [1.29, 1.82) is 0 Å². The topological polar surface area (TPSA) is 84.9 Å². The Morgan fingerprint density at radius 2 is 1.81 bits per heavy atom. The van der Waals surface area contributed by atoms with Crippen LogP contribution in [0.3, 0.4) is 0 Å². The van der Waals surface area contributed by atoms with Crippen LogP contribution in [0, 0.1) is 0 Å². The van der Waals surface area contributed by atoms with Crippen LogP contribution in [-0.2, 0) is 14.8 Å². The van der Waals surface area contributed by atoms with Crippen molar-refractivity contribution in [3.8, 4) is 5.75 Å². The molecular formula is C18H19ClN2O5S. The minimum atomic E-state index is -3.56. The lowest BCUT2D eigenvalue weighted by Gasteiger charge is -2.26. The maximum atomic E-state index is 12.6. The predicted octanol–water partition coefficient (Wildman–Crippen LogP) is 2.62. The summed E-state index contributed by atoms with van der Waals surface area (Å²) in [5, 5.41) is 3.04. The zero-order valence-electron chi connectivity index (χ0n) is 14.6. The molecule has 2 aromatic rings. The number of morpholine rings is 1. The largest absolute Gasteiger partial charge is 0.495 e. The van der Waals surface area contributed by atoms with Crippen LogP contribution in [0.1, 0.15) is 10.4 Å². The van der Waals surface area contributed by atoms with Gasteiger partial charge in [0.15, 0.2) is 0 Å². The van der Waals surface area contributed by atoms with Crippen LogP contribution in [0.5, 0.6) is 5.75 Å². The lowest BCUT2D eigenvalue weighted by atomic mass is 10.2. The van der Waals surface area contributed by atoms with Gasteiger partial charge in [0.25, 0.3) is 5.91 Å². The first-order valence-corrected chi connectivity index (χ1v) is 10.1. The van der Waals surface area contributed by atoms with Crippen LogP contribution in [0.15, 0.2) is 47.4 Å². The quantitative estimate of drug-likeness (QED) is 0.819. The molecule has 0 spiro atoms. The monoisotopic (exact) mass is 410 g/mol. The highest BCUT2D eigenvalue weighted by Crippen LogP contribution is 2.25. The molecule has 1 aliphatic heterocycles. The van der Waals surface area contributed by atoms with Crippen LogP contribution in [0.4, 0.5) is 5.69 Å². The smallest absolute Gasteiger partial charge is 0.255 e. The molecule has 0 unspecified atom stereocenters. The highest BCUT2D eigenvalue weighted by molar-refractivity contribution is 7.89. The molecule has 3 rings (SSSR count). The number of rotatable bonds is 5. The predicted molar refractivity (Wildman–Crippen MR) is 102 cm³/mol. The van der Waals surface area contributed by atoms with Crippen molar-refractivity contribution < 1.29 is 22.7 Å². The van der Waals surface area contributed by atoms with Gasteiger partial charge in [-0.3, -0.25) is 4.79 Å². The molecule has 1 saturated heterocycles. The van der Waals surface area contributed by atoms with E-state index in [1.165, 1.54) is 29.6 Å². The van der Waals surface area contributed by atoms with Gasteiger partial charge < -0.3 is 14.8 Å². The molecule has 1 heterocycles. The fourth-order valence-corrected chi connectivity index (χ4v) is 4.32. The van der Waals surface area contributed by atoms with E-state index < -0.39 is 10.0 Å². The minimum Gasteiger partial charge on any atom is -0.495 e. The van der Waals surface area contributed by atoms with Gasteiger partial charge in [0, 0.05) is 24.3 Å². The molecule has 27 heavy (non-hydrogen) atoms. The Morgan fingerprint density at radius 3 is 2.41 bits per heavy atom. The first kappa shape index (κ1) is 19.6. The Kier molecular flexibility index (Phi) is 6.01. The number of carbonyl (C=O) groups excluding carboxylic acids is 1. The van der Waals surface area contributed by atoms with Gasteiger partial charge in [0.2, 0.25) is 10.0 Å². The number of methoxy groups -OCH3 is 1. The van der Waals surface area contributed by atoms with E-state index in [0.29, 0.717) is 48.3 Å². The number of anilines is 1. The third kappa shape index (κ3) is 4.41. The van der Waals surface area contributed by atoms with Gasteiger partial charge in [-0.2, -0.15) is 4.31 Å². The number of nitrogens with zero attached hydrogens (tertiary/aromatic N) is 1. The third-order valence-corrected chi connectivity index (χ3v) is 6.34. The van der Waals surface area contributed by atoms with Crippen LogP contribution < -0.4 is 10.1 Å². The molecule has 0 aromatic heterocycles. The number of hydrogen-bond acceptors (Lipinski definition) is 5. The van der Waals surface area contributed by atoms with Crippen LogP contribution in [0.25, 0.3) is 0 Å². The SMILES string of the molecule is COc1ccc(C(=O)Nc2ccc(S(=O)(=O)N3CCOCC3)cc2)cc1Cl. The van der Waals surface area contributed by atoms with E-state index in [1.54, 1.807) is 24.3 Å². The molecule has 1 aliphatic rings. The van der Waals surface area contributed by atoms with E-state index in [9.17, 15) is 13.2 Å². The van der Waals surface area contributed by atoms with Crippen LogP contribution >= 0.6 is 11.6 Å². The molecule has 0 bridgehead atoms. The average molecular weight is 411 g/mol. The fraction of sp³-hybridized carbons (Fsp3) is 0.278. The second kappa shape index (κ2) is 8.26. The highest BCUT2D eigenvalue weighted by atomic mass is 35.5. The summed E-state index contributed by atoms with van der Waals surface area (Å²) in [6.07, 6.45) is 0. The maximum absolute atomic E-state index is 12.6. The Balaban J connectivity index is 1.72. The van der Waals surface area contributed by atoms with Gasteiger partial charge in [-0.1, -0.05) is 11.6 Å². The number of benzene rings is 2. The Labute approximate surface area is 162 Å². The van der Waals surface area contributed by atoms with Gasteiger partial charge in [0.05, 0.1) is 30.2 Å². The minimum absolute atomic E-state index is 0.176. The summed E-state index contributed by atoms with van der Waals surface area (Å²) in [5.74, 6) is 0.120. The summed E-state index contributed by atoms with van der Waals surface area (Å²) in [6.45, 7) is 1.44. The van der Waals surface area contributed by atoms with Crippen molar-refractivity contribution >= 4 is 33.2 Å². The molecule has 9 heteroatoms. The van der Waals surface area contributed by atoms with Gasteiger partial charge in [-0.05, 0) is 42.5 Å². The molecule has 2 aromatic carbocycles. The standard InChI is InChI=1S/C18H19ClN2O5S/c1-25-17-7-2-13(12-16(17)19)18(22)20-14-3-5-15(6-4-14)27(23,24)21-8-10-26-11-9-21/h2-7,12H,8-11H2,1H3,(H,20,22). The Bertz CT molecular complexity index is 925. The lowest BCUT2D eigenvalue weighted by molar-refractivity contribution is 0.0730. The molecule has 1 fully saturated rings. The summed E-state index contributed by atoms with van der Waals surface area (Å²) in [7, 11) is -2.07. The maximum Gasteiger partial charge on any atom is 0.255 e. The van der Waals surface area contributed by atoms with Crippen molar-refractivity contribution in [2.24, 2.45) is 0 Å². The second-order valence-corrected chi connectivity index (χ2v) is 8.19. The first-order chi connectivity index (χ1) is 12.9. The number of hydrogen-bond donors (Lipinski definition) is 1. The number of nitrogens with one attached hydrogen (secondary N) is 1. The summed E-state index contributed by atoms with van der Waals surface area (Å²) in [6, 6.07) is 10.8. The lowest BCUT2D eigenvalue weighted by Crippen LogP contribution is -2.40. The van der Waals surface area contributed by atoms with Gasteiger partial charge in [-0.25, -0.2) is 8.42 Å². The van der Waals surface area contributed by atoms with E-state index >= 15 is 0 Å². The van der Waals surface area contributed by atoms with Crippen LogP contribution in [0.2, 0.25) is 5.02 Å². The Hall–Kier alpha value is -2.13. The molecule has 0 saturated carbocycles. The summed E-state index contributed by atoms with van der Waals surface area (Å²) >= 11 is 6.04. The number of amides is 1. The number of sulfonamides is 1. The van der Waals surface area contributed by atoms with Crippen molar-refractivity contribution in [1.82, 2.24) is 4.31 Å². The van der Waals surface area contributed by atoms with Crippen molar-refractivity contribution in [3.05, 3.63) is 53.1 Å². The zero-order valence-corrected chi connectivity index (χ0v) is 16.2. The molecule has 1 N–H and O–H groups in total. The number of ether oxygens (including phenoxy) is 2. The summed E-state index contributed by atoms with van der Waals surface area (Å²) in [5.41, 5.74) is 0.846. The van der Waals surface area contributed by atoms with Gasteiger partial charge >= 0.3 is 0 Å². The van der Waals surface area contributed by atoms with E-state index in [-0.39, 0.29) is 10.8 Å². The van der Waals surface area contributed by atoms with E-state index in [2.05, 4.69) is 5.32 Å². The average Bonchev–Trinajstić information content (AvgIpc) is 2.69. The molecule has 0 atom stereocenters. The molecular weight excluding hydrogens is 392 g/mol. The molecule has 0 aliphatic carbocycles. The summed E-state index contributed by atoms with van der Waals surface area (Å²) < 4.78 is 36.8. The molecule has 0 radical (unpaired) electrons. The highest BCUT2D eigenvalue weighted by Gasteiger charge is 2.26. The van der Waals surface area contributed by atoms with Crippen molar-refractivity contribution in [3.63, 3.8) is 0 Å². The van der Waals surface area contributed by atoms with Crippen molar-refractivity contribution in [2.45, 2.75) is 4.90 Å². The van der Waals surface area contributed by atoms with Gasteiger partial charge in [0.1, 0.15) is 5.75 Å². The molecule has 7 nitrogen and oxygen atoms in total. The number of halogens is 1. The normalized spacial score (nSPS) is 15.3. The van der Waals surface area contributed by atoms with Crippen LogP contribution in [-0.4, -0.2) is 52.0 Å². The molecule has 144 valence electrons. The van der Waals surface area contributed by atoms with Crippen molar-refractivity contribution in [2.75, 3.05) is 38.7 Å². The van der Waals surface area contributed by atoms with Gasteiger partial charge in [-0.15, -0.1) is 0 Å². The first-order valence-electron chi connectivity index (χ1n) is 8.24. The second-order valence-electron chi connectivity index (χ2n) is 5.84. The third-order valence-electron chi connectivity index (χ3n) is 4.13. The van der Waals surface area contributed by atoms with E-state index in [1.807, 2.05) is 0 Å². The Morgan fingerprint density at radius 1 is 1.15 bits per heavy atom. The summed E-state index contributed by atoms with van der Waals surface area (Å²) in [4.78, 5) is 12.5. The fourth-order valence-electron chi connectivity index (χ4n) is 2.66. The van der Waals surface area contributed by atoms with E-state index in [4.69, 9.17) is 21.1 Å². The molecule has 1 amide bonds. The number of carbonyl (C=O) groups is 1. The zero-order chi connectivity index (χ0) is 19.4.